The Kier molecular flexibility index (Phi) is 8.51. The highest BCUT2D eigenvalue weighted by atomic mass is 28.3. The predicted octanol–water partition coefficient (Wildman–Crippen LogP) is 14.2. The van der Waals surface area contributed by atoms with Crippen LogP contribution < -0.4 is 30.5 Å². The van der Waals surface area contributed by atoms with Crippen molar-refractivity contribution in [3.05, 3.63) is 212 Å². The SMILES string of the molecule is C[Si]1(C)c2ccccc2N(c2ccc3c(-c4nccc5ccccc45)c4cc(N5c6ccccc6[Si](C)(C)c6ccccc65)ccc4c(-c4ccc5ccccc5c4)c3c2)c2ccccc21. The summed E-state index contributed by atoms with van der Waals surface area (Å²) >= 11 is 0. The molecule has 0 amide bonds. The van der Waals surface area contributed by atoms with E-state index in [1.165, 1.54) is 92.3 Å². The highest BCUT2D eigenvalue weighted by Crippen LogP contribution is 2.50. The molecule has 11 aromatic rings. The van der Waals surface area contributed by atoms with Gasteiger partial charge < -0.3 is 9.80 Å². The molecule has 0 N–H and O–H groups in total. The van der Waals surface area contributed by atoms with Crippen molar-refractivity contribution < 1.29 is 0 Å². The Hall–Kier alpha value is -7.58. The molecule has 0 fully saturated rings. The molecular weight excluding hydrogens is 831 g/mol. The van der Waals surface area contributed by atoms with Crippen molar-refractivity contribution in [2.45, 2.75) is 26.2 Å². The van der Waals surface area contributed by atoms with Gasteiger partial charge in [0.05, 0.1) is 5.69 Å². The van der Waals surface area contributed by atoms with Crippen molar-refractivity contribution in [1.82, 2.24) is 4.98 Å². The van der Waals surface area contributed by atoms with Gasteiger partial charge in [-0.2, -0.15) is 0 Å². The lowest BCUT2D eigenvalue weighted by Crippen LogP contribution is -2.58. The first kappa shape index (κ1) is 38.8. The summed E-state index contributed by atoms with van der Waals surface area (Å²) in [5, 5.41) is 15.3. The number of benzene rings is 10. The minimum Gasteiger partial charge on any atom is -0.311 e. The van der Waals surface area contributed by atoms with E-state index in [4.69, 9.17) is 4.98 Å². The number of anilines is 6. The standard InChI is InChI=1S/C61H47N3Si2/c1-65(2)55-25-13-9-21-51(55)63(52-22-10-14-26-56(52)65)44-32-34-48-49(38-44)59(43-30-29-40-17-5-6-19-42(40)37-43)47-33-31-45(39-50(47)60(48)61-46-20-8-7-18-41(46)35-36-62-61)64-53-23-11-15-27-57(53)66(3,4)58-28-16-12-24-54(58)64/h5-39H,1-4H3. The van der Waals surface area contributed by atoms with E-state index in [9.17, 15) is 0 Å². The summed E-state index contributed by atoms with van der Waals surface area (Å²) < 4.78 is 0. The van der Waals surface area contributed by atoms with Crippen molar-refractivity contribution in [2.24, 2.45) is 0 Å². The largest absolute Gasteiger partial charge is 0.311 e. The van der Waals surface area contributed by atoms with Gasteiger partial charge in [-0.3, -0.25) is 4.98 Å². The number of rotatable bonds is 4. The van der Waals surface area contributed by atoms with Crippen LogP contribution in [-0.2, 0) is 0 Å². The fraction of sp³-hybridized carbons (Fsp3) is 0.0656. The van der Waals surface area contributed by atoms with Gasteiger partial charge in [-0.15, -0.1) is 0 Å². The monoisotopic (exact) mass is 877 g/mol. The van der Waals surface area contributed by atoms with Crippen molar-refractivity contribution >= 4 is 114 Å². The number of pyridine rings is 1. The Morgan fingerprint density at radius 2 is 0.773 bits per heavy atom. The summed E-state index contributed by atoms with van der Waals surface area (Å²) in [6.07, 6.45) is 1.99. The van der Waals surface area contributed by atoms with Gasteiger partial charge in [0.2, 0.25) is 0 Å². The Bertz CT molecular complexity index is 3710. The second-order valence-electron chi connectivity index (χ2n) is 19.1. The molecule has 3 heterocycles. The van der Waals surface area contributed by atoms with E-state index in [1.807, 2.05) is 6.20 Å². The van der Waals surface area contributed by atoms with Crippen LogP contribution in [-0.4, -0.2) is 21.1 Å². The Labute approximate surface area is 387 Å². The van der Waals surface area contributed by atoms with Crippen molar-refractivity contribution in [3.8, 4) is 22.4 Å². The molecule has 0 saturated heterocycles. The smallest absolute Gasteiger partial charge is 0.117 e. The molecule has 1 aromatic heterocycles. The molecule has 0 unspecified atom stereocenters. The molecule has 5 heteroatoms. The molecule has 2 aliphatic rings. The van der Waals surface area contributed by atoms with E-state index in [1.54, 1.807) is 0 Å². The Morgan fingerprint density at radius 1 is 0.333 bits per heavy atom. The second-order valence-corrected chi connectivity index (χ2v) is 27.8. The van der Waals surface area contributed by atoms with Crippen LogP contribution in [0, 0.1) is 0 Å². The number of para-hydroxylation sites is 4. The van der Waals surface area contributed by atoms with E-state index < -0.39 is 16.1 Å². The zero-order valence-corrected chi connectivity index (χ0v) is 39.5. The fourth-order valence-corrected chi connectivity index (χ4v) is 17.6. The maximum atomic E-state index is 5.33. The number of fused-ring (bicyclic) bond motifs is 8. The lowest BCUT2D eigenvalue weighted by molar-refractivity contribution is 1.29. The number of nitrogens with zero attached hydrogens (tertiary/aromatic N) is 3. The molecule has 0 spiro atoms. The van der Waals surface area contributed by atoms with Gasteiger partial charge in [0, 0.05) is 51.3 Å². The van der Waals surface area contributed by atoms with Crippen molar-refractivity contribution in [1.29, 1.82) is 0 Å². The van der Waals surface area contributed by atoms with Gasteiger partial charge in [0.1, 0.15) is 16.1 Å². The summed E-state index contributed by atoms with van der Waals surface area (Å²) in [6.45, 7) is 9.97. The maximum Gasteiger partial charge on any atom is 0.117 e. The summed E-state index contributed by atoms with van der Waals surface area (Å²) in [7, 11) is -3.98. The normalized spacial score (nSPS) is 14.5. The summed E-state index contributed by atoms with van der Waals surface area (Å²) in [6, 6.07) is 77.4. The summed E-state index contributed by atoms with van der Waals surface area (Å²) in [5.74, 6) is 0. The van der Waals surface area contributed by atoms with E-state index in [2.05, 4.69) is 242 Å². The maximum absolute atomic E-state index is 5.33. The highest BCUT2D eigenvalue weighted by Gasteiger charge is 2.40. The van der Waals surface area contributed by atoms with E-state index in [-0.39, 0.29) is 0 Å². The first-order valence-corrected chi connectivity index (χ1v) is 29.1. The second kappa shape index (κ2) is 14.5. The average Bonchev–Trinajstić information content (AvgIpc) is 3.35. The minimum atomic E-state index is -1.99. The zero-order valence-electron chi connectivity index (χ0n) is 37.5. The van der Waals surface area contributed by atoms with Gasteiger partial charge in [0.25, 0.3) is 0 Å². The van der Waals surface area contributed by atoms with Crippen LogP contribution >= 0.6 is 0 Å². The molecule has 66 heavy (non-hydrogen) atoms. The first-order valence-electron chi connectivity index (χ1n) is 23.1. The summed E-state index contributed by atoms with van der Waals surface area (Å²) in [4.78, 5) is 10.4. The van der Waals surface area contributed by atoms with E-state index >= 15 is 0 Å². The predicted molar refractivity (Wildman–Crippen MR) is 288 cm³/mol. The number of hydrogen-bond donors (Lipinski definition) is 0. The minimum absolute atomic E-state index is 0.993. The highest BCUT2D eigenvalue weighted by molar-refractivity contribution is 7.03. The van der Waals surface area contributed by atoms with Crippen molar-refractivity contribution in [3.63, 3.8) is 0 Å². The molecule has 0 bridgehead atoms. The van der Waals surface area contributed by atoms with Gasteiger partial charge >= 0.3 is 0 Å². The van der Waals surface area contributed by atoms with Crippen molar-refractivity contribution in [2.75, 3.05) is 9.80 Å². The molecule has 314 valence electrons. The van der Waals surface area contributed by atoms with Crippen LogP contribution in [0.5, 0.6) is 0 Å². The van der Waals surface area contributed by atoms with Gasteiger partial charge in [-0.05, 0) is 130 Å². The first-order chi connectivity index (χ1) is 32.3. The molecule has 13 rings (SSSR count). The van der Waals surface area contributed by atoms with Gasteiger partial charge in [-0.25, -0.2) is 0 Å². The third-order valence-corrected chi connectivity index (χ3v) is 21.9. The molecule has 0 radical (unpaired) electrons. The van der Waals surface area contributed by atoms with Crippen LogP contribution in [0.15, 0.2) is 212 Å². The lowest BCUT2D eigenvalue weighted by Gasteiger charge is -2.41. The number of hydrogen-bond acceptors (Lipinski definition) is 3. The van der Waals surface area contributed by atoms with Crippen LogP contribution in [0.4, 0.5) is 34.1 Å². The van der Waals surface area contributed by atoms with E-state index in [0.29, 0.717) is 0 Å². The number of aromatic nitrogens is 1. The van der Waals surface area contributed by atoms with Gasteiger partial charge in [-0.1, -0.05) is 172 Å². The van der Waals surface area contributed by atoms with Crippen LogP contribution in [0.3, 0.4) is 0 Å². The quantitative estimate of drug-likeness (QED) is 0.130. The molecule has 2 aliphatic heterocycles. The molecule has 10 aromatic carbocycles. The third-order valence-electron chi connectivity index (χ3n) is 14.8. The molecule has 0 aliphatic carbocycles. The third kappa shape index (κ3) is 5.63. The van der Waals surface area contributed by atoms with Gasteiger partial charge in [0.15, 0.2) is 0 Å². The van der Waals surface area contributed by atoms with Crippen LogP contribution in [0.2, 0.25) is 26.2 Å². The lowest BCUT2D eigenvalue weighted by atomic mass is 9.85. The summed E-state index contributed by atoms with van der Waals surface area (Å²) in [5.41, 5.74) is 11.9. The average molecular weight is 878 g/mol. The molecular formula is C61H47N3Si2. The zero-order chi connectivity index (χ0) is 44.3. The molecule has 3 nitrogen and oxygen atoms in total. The topological polar surface area (TPSA) is 19.4 Å². The fourth-order valence-electron chi connectivity index (χ4n) is 11.6. The Balaban J connectivity index is 1.16. The van der Waals surface area contributed by atoms with Crippen LogP contribution in [0.25, 0.3) is 65.5 Å². The molecule has 0 atom stereocenters. The van der Waals surface area contributed by atoms with E-state index in [0.717, 1.165) is 28.0 Å². The Morgan fingerprint density at radius 3 is 1.32 bits per heavy atom. The van der Waals surface area contributed by atoms with Crippen LogP contribution in [0.1, 0.15) is 0 Å². The molecule has 0 saturated carbocycles.